The fourth-order valence-corrected chi connectivity index (χ4v) is 18.1. The summed E-state index contributed by atoms with van der Waals surface area (Å²) in [5.74, 6) is 0.356. The highest BCUT2D eigenvalue weighted by Crippen LogP contribution is 2.46. The Morgan fingerprint density at radius 1 is 0.750 bits per heavy atom. The van der Waals surface area contributed by atoms with Gasteiger partial charge in [0.25, 0.3) is 0 Å². The van der Waals surface area contributed by atoms with E-state index in [1.165, 1.54) is 5.57 Å². The predicted octanol–water partition coefficient (Wildman–Crippen LogP) is 10.1. The van der Waals surface area contributed by atoms with Crippen LogP contribution in [0.4, 0.5) is 0 Å². The van der Waals surface area contributed by atoms with Gasteiger partial charge in [-0.2, -0.15) is 0 Å². The van der Waals surface area contributed by atoms with Gasteiger partial charge in [0.05, 0.1) is 24.9 Å². The van der Waals surface area contributed by atoms with Gasteiger partial charge < -0.3 is 13.6 Å². The number of ether oxygens (including phenoxy) is 1. The molecule has 2 atom stereocenters. The second kappa shape index (κ2) is 13.7. The van der Waals surface area contributed by atoms with Crippen molar-refractivity contribution < 1.29 is 13.6 Å². The Balaban J connectivity index is 3.19. The van der Waals surface area contributed by atoms with Crippen molar-refractivity contribution in [3.63, 3.8) is 0 Å². The first-order valence-electron chi connectivity index (χ1n) is 14.7. The molecule has 0 radical (unpaired) electrons. The first-order chi connectivity index (χ1) is 16.4. The number of rotatable bonds is 14. The minimum Gasteiger partial charge on any atom is -0.412 e. The molecule has 1 aliphatic carbocycles. The van der Waals surface area contributed by atoms with E-state index < -0.39 is 16.6 Å². The molecule has 0 heterocycles. The normalized spacial score (nSPS) is 20.4. The van der Waals surface area contributed by atoms with Crippen LogP contribution in [0.1, 0.15) is 110 Å². The van der Waals surface area contributed by atoms with Crippen LogP contribution in [0.3, 0.4) is 0 Å². The molecule has 0 aromatic carbocycles. The molecule has 36 heavy (non-hydrogen) atoms. The molecule has 0 spiro atoms. The molecule has 0 aromatic rings. The number of allylic oxidation sites excluding steroid dienone is 1. The Bertz CT molecular complexity index is 670. The molecule has 0 saturated carbocycles. The van der Waals surface area contributed by atoms with Crippen molar-refractivity contribution in [2.45, 2.75) is 155 Å². The summed E-state index contributed by atoms with van der Waals surface area (Å²) in [6.07, 6.45) is 8.26. The van der Waals surface area contributed by atoms with E-state index >= 15 is 0 Å². The zero-order valence-corrected chi connectivity index (χ0v) is 28.7. The molecule has 212 valence electrons. The molecule has 0 aliphatic heterocycles. The largest absolute Gasteiger partial charge is 0.412 e. The molecule has 0 fully saturated rings. The lowest BCUT2D eigenvalue weighted by molar-refractivity contribution is 0.0144. The minimum absolute atomic E-state index is 0.150. The van der Waals surface area contributed by atoms with Crippen molar-refractivity contribution in [1.29, 1.82) is 0 Å². The molecule has 3 nitrogen and oxygen atoms in total. The first-order valence-corrected chi connectivity index (χ1v) is 19.0. The second-order valence-corrected chi connectivity index (χ2v) is 24.9. The SMILES string of the molecule is CC(C)[Si](OC/C(=C/COC(C)(C)C)[C@@H]1C=C[C@H](O[Si](C(C)C)(C(C)C)C(C)C)C1)(C(C)C)C(C)C. The van der Waals surface area contributed by atoms with Crippen LogP contribution in [0, 0.1) is 5.92 Å². The van der Waals surface area contributed by atoms with Crippen molar-refractivity contribution in [3.05, 3.63) is 23.8 Å². The number of hydrogen-bond acceptors (Lipinski definition) is 3. The van der Waals surface area contributed by atoms with Crippen molar-refractivity contribution >= 4 is 16.6 Å². The lowest BCUT2D eigenvalue weighted by atomic mass is 9.98. The highest BCUT2D eigenvalue weighted by molar-refractivity contribution is 6.78. The Morgan fingerprint density at radius 2 is 1.19 bits per heavy atom. The zero-order chi connectivity index (χ0) is 28.1. The van der Waals surface area contributed by atoms with Crippen LogP contribution in [-0.4, -0.2) is 41.6 Å². The average molecular weight is 539 g/mol. The maximum absolute atomic E-state index is 7.14. The maximum atomic E-state index is 7.14. The highest BCUT2D eigenvalue weighted by atomic mass is 28.4. The van der Waals surface area contributed by atoms with Crippen molar-refractivity contribution in [3.8, 4) is 0 Å². The summed E-state index contributed by atoms with van der Waals surface area (Å²) in [5, 5.41) is 0. The standard InChI is InChI=1S/C31H62O3Si2/c1-22(2)35(23(3)4,24(5)6)33-21-29(18-19-32-31(13,14)15)28-16-17-30(20-28)34-36(25(7)8,26(9)10)27(11)12/h16-18,22-28,30H,19-21H2,1-15H3/b29-18-/t28-,30+/m1/s1. The van der Waals surface area contributed by atoms with Crippen molar-refractivity contribution in [2.75, 3.05) is 13.2 Å². The first kappa shape index (κ1) is 33.8. The van der Waals surface area contributed by atoms with E-state index in [0.29, 0.717) is 52.4 Å². The van der Waals surface area contributed by atoms with Gasteiger partial charge in [-0.15, -0.1) is 0 Å². The van der Waals surface area contributed by atoms with Gasteiger partial charge in [0.15, 0.2) is 0 Å². The number of hydrogen-bond donors (Lipinski definition) is 0. The van der Waals surface area contributed by atoms with Crippen LogP contribution in [0.5, 0.6) is 0 Å². The molecule has 1 rings (SSSR count). The smallest absolute Gasteiger partial charge is 0.201 e. The summed E-state index contributed by atoms with van der Waals surface area (Å²) in [5.41, 5.74) is 4.74. The van der Waals surface area contributed by atoms with Crippen LogP contribution >= 0.6 is 0 Å². The molecule has 0 N–H and O–H groups in total. The van der Waals surface area contributed by atoms with E-state index in [-0.39, 0.29) is 11.7 Å². The lowest BCUT2D eigenvalue weighted by Gasteiger charge is -2.44. The van der Waals surface area contributed by atoms with Gasteiger partial charge in [-0.05, 0) is 66.0 Å². The molecular weight excluding hydrogens is 477 g/mol. The van der Waals surface area contributed by atoms with Crippen LogP contribution in [0.15, 0.2) is 23.8 Å². The molecule has 0 bridgehead atoms. The molecule has 1 aliphatic rings. The molecule has 0 aromatic heterocycles. The van der Waals surface area contributed by atoms with E-state index in [2.05, 4.69) is 122 Å². The summed E-state index contributed by atoms with van der Waals surface area (Å²) in [4.78, 5) is 0. The van der Waals surface area contributed by atoms with Gasteiger partial charge in [0, 0.05) is 5.92 Å². The molecular formula is C31H62O3Si2. The van der Waals surface area contributed by atoms with Crippen LogP contribution in [-0.2, 0) is 13.6 Å². The van der Waals surface area contributed by atoms with Crippen LogP contribution < -0.4 is 0 Å². The maximum Gasteiger partial charge on any atom is 0.201 e. The van der Waals surface area contributed by atoms with E-state index in [1.54, 1.807) is 0 Å². The average Bonchev–Trinajstić information content (AvgIpc) is 3.16. The summed E-state index contributed by atoms with van der Waals surface area (Å²) in [7, 11) is -3.87. The Morgan fingerprint density at radius 3 is 1.58 bits per heavy atom. The topological polar surface area (TPSA) is 27.7 Å². The fraction of sp³-hybridized carbons (Fsp3) is 0.871. The van der Waals surface area contributed by atoms with Gasteiger partial charge in [-0.25, -0.2) is 0 Å². The zero-order valence-electron chi connectivity index (χ0n) is 26.7. The minimum atomic E-state index is -1.95. The molecule has 0 unspecified atom stereocenters. The van der Waals surface area contributed by atoms with Crippen LogP contribution in [0.2, 0.25) is 33.2 Å². The molecule has 5 heteroatoms. The van der Waals surface area contributed by atoms with E-state index in [0.717, 1.165) is 6.42 Å². The van der Waals surface area contributed by atoms with E-state index in [1.807, 2.05) is 0 Å². The summed E-state index contributed by atoms with van der Waals surface area (Å²) < 4.78 is 20.3. The van der Waals surface area contributed by atoms with E-state index in [9.17, 15) is 0 Å². The van der Waals surface area contributed by atoms with Gasteiger partial charge in [-0.3, -0.25) is 0 Å². The Kier molecular flexibility index (Phi) is 12.9. The van der Waals surface area contributed by atoms with Crippen molar-refractivity contribution in [1.82, 2.24) is 0 Å². The summed E-state index contributed by atoms with van der Waals surface area (Å²) in [6, 6.07) is 0. The van der Waals surface area contributed by atoms with Crippen molar-refractivity contribution in [2.24, 2.45) is 5.92 Å². The second-order valence-electron chi connectivity index (χ2n) is 14.0. The quantitative estimate of drug-likeness (QED) is 0.163. The third kappa shape index (κ3) is 8.15. The predicted molar refractivity (Wildman–Crippen MR) is 164 cm³/mol. The van der Waals surface area contributed by atoms with E-state index in [4.69, 9.17) is 13.6 Å². The van der Waals surface area contributed by atoms with Gasteiger partial charge in [-0.1, -0.05) is 101 Å². The third-order valence-electron chi connectivity index (χ3n) is 8.64. The van der Waals surface area contributed by atoms with Gasteiger partial charge >= 0.3 is 0 Å². The van der Waals surface area contributed by atoms with Gasteiger partial charge in [0.1, 0.15) is 0 Å². The lowest BCUT2D eigenvalue weighted by Crippen LogP contribution is -2.49. The Hall–Kier alpha value is -0.206. The van der Waals surface area contributed by atoms with Gasteiger partial charge in [0.2, 0.25) is 16.6 Å². The third-order valence-corrected chi connectivity index (χ3v) is 20.8. The molecule has 0 amide bonds. The monoisotopic (exact) mass is 538 g/mol. The Labute approximate surface area is 228 Å². The summed E-state index contributed by atoms with van der Waals surface area (Å²) in [6.45, 7) is 36.1. The highest BCUT2D eigenvalue weighted by Gasteiger charge is 2.48. The summed E-state index contributed by atoms with van der Waals surface area (Å²) >= 11 is 0. The van der Waals surface area contributed by atoms with Crippen LogP contribution in [0.25, 0.3) is 0 Å². The molecule has 0 saturated heterocycles. The fourth-order valence-electron chi connectivity index (χ4n) is 7.12.